The number of carbonyl (C=O) groups excluding carboxylic acids is 1. The van der Waals surface area contributed by atoms with Crippen LogP contribution in [0.2, 0.25) is 0 Å². The number of likely N-dealkylation sites (tertiary alicyclic amines) is 1. The number of hydrogen-bond acceptors (Lipinski definition) is 5. The lowest BCUT2D eigenvalue weighted by atomic mass is 10.0. The molecule has 1 amide bonds. The zero-order chi connectivity index (χ0) is 17.3. The van der Waals surface area contributed by atoms with Crippen molar-refractivity contribution in [3.8, 4) is 0 Å². The maximum Gasteiger partial charge on any atom is 0.261 e. The molecule has 2 aliphatic heterocycles. The van der Waals surface area contributed by atoms with Crippen molar-refractivity contribution in [2.75, 3.05) is 45.9 Å². The molecule has 0 unspecified atom stereocenters. The van der Waals surface area contributed by atoms with Gasteiger partial charge in [0.25, 0.3) is 11.5 Å². The van der Waals surface area contributed by atoms with E-state index in [-0.39, 0.29) is 23.6 Å². The fourth-order valence-electron chi connectivity index (χ4n) is 3.39. The van der Waals surface area contributed by atoms with Gasteiger partial charge in [0, 0.05) is 31.9 Å². The fourth-order valence-corrected chi connectivity index (χ4v) is 3.39. The minimum absolute atomic E-state index is 0.147. The molecule has 0 bridgehead atoms. The number of morpholine rings is 1. The molecule has 2 saturated heterocycles. The molecule has 2 aliphatic rings. The topological polar surface area (TPSA) is 85.9 Å². The Labute approximate surface area is 141 Å². The molecule has 1 atom stereocenters. The van der Waals surface area contributed by atoms with E-state index in [1.165, 1.54) is 0 Å². The number of pyridine rings is 1. The average molecular weight is 335 g/mol. The predicted octanol–water partition coefficient (Wildman–Crippen LogP) is -0.0991. The van der Waals surface area contributed by atoms with Gasteiger partial charge in [0.15, 0.2) is 0 Å². The second kappa shape index (κ2) is 6.66. The van der Waals surface area contributed by atoms with Gasteiger partial charge in [-0.1, -0.05) is 0 Å². The Balaban J connectivity index is 1.69. The van der Waals surface area contributed by atoms with Crippen molar-refractivity contribution >= 4 is 5.91 Å². The van der Waals surface area contributed by atoms with Gasteiger partial charge >= 0.3 is 0 Å². The summed E-state index contributed by atoms with van der Waals surface area (Å²) in [7, 11) is 0. The summed E-state index contributed by atoms with van der Waals surface area (Å²) in [5, 5.41) is 10.8. The van der Waals surface area contributed by atoms with E-state index in [4.69, 9.17) is 4.74 Å². The van der Waals surface area contributed by atoms with Gasteiger partial charge in [0.2, 0.25) is 0 Å². The highest BCUT2D eigenvalue weighted by Crippen LogP contribution is 2.24. The van der Waals surface area contributed by atoms with E-state index in [1.807, 2.05) is 13.8 Å². The molecule has 2 N–H and O–H groups in total. The number of hydrogen-bond donors (Lipinski definition) is 2. The average Bonchev–Trinajstić information content (AvgIpc) is 2.93. The quantitative estimate of drug-likeness (QED) is 0.806. The molecule has 0 aliphatic carbocycles. The number of amides is 1. The third kappa shape index (κ3) is 3.53. The molecule has 7 nitrogen and oxygen atoms in total. The van der Waals surface area contributed by atoms with Crippen molar-refractivity contribution in [3.63, 3.8) is 0 Å². The minimum atomic E-state index is -0.917. The van der Waals surface area contributed by atoms with Crippen LogP contribution in [-0.2, 0) is 4.74 Å². The van der Waals surface area contributed by atoms with Crippen molar-refractivity contribution in [3.05, 3.63) is 33.2 Å². The summed E-state index contributed by atoms with van der Waals surface area (Å²) in [6, 6.07) is 1.63. The Morgan fingerprint density at radius 3 is 2.75 bits per heavy atom. The van der Waals surface area contributed by atoms with E-state index in [0.717, 1.165) is 24.3 Å². The number of nitrogens with one attached hydrogen (secondary N) is 1. The summed E-state index contributed by atoms with van der Waals surface area (Å²) in [6.07, 6.45) is 0.527. The van der Waals surface area contributed by atoms with Gasteiger partial charge in [-0.05, 0) is 31.9 Å². The highest BCUT2D eigenvalue weighted by molar-refractivity contribution is 5.94. The third-order valence-corrected chi connectivity index (χ3v) is 4.97. The molecule has 3 rings (SSSR count). The van der Waals surface area contributed by atoms with Crippen LogP contribution in [0.25, 0.3) is 0 Å². The summed E-state index contributed by atoms with van der Waals surface area (Å²) in [5.41, 5.74) is 0.502. The predicted molar refractivity (Wildman–Crippen MR) is 89.3 cm³/mol. The van der Waals surface area contributed by atoms with Gasteiger partial charge < -0.3 is 19.7 Å². The first-order chi connectivity index (χ1) is 11.4. The van der Waals surface area contributed by atoms with Gasteiger partial charge in [-0.25, -0.2) is 0 Å². The van der Waals surface area contributed by atoms with E-state index in [2.05, 4.69) is 9.88 Å². The van der Waals surface area contributed by atoms with Gasteiger partial charge in [-0.3, -0.25) is 14.5 Å². The highest BCUT2D eigenvalue weighted by Gasteiger charge is 2.40. The largest absolute Gasteiger partial charge is 0.387 e. The van der Waals surface area contributed by atoms with Crippen molar-refractivity contribution in [1.82, 2.24) is 14.8 Å². The standard InChI is InChI=1S/C17H25N3O4/c1-12-9-14(15(21)18-13(12)2)16(22)20-4-3-17(23,11-20)10-19-5-7-24-8-6-19/h9,23H,3-8,10-11H2,1-2H3,(H,18,21)/t17-/m0/s1. The third-order valence-electron chi connectivity index (χ3n) is 4.97. The van der Waals surface area contributed by atoms with Crippen LogP contribution in [0.5, 0.6) is 0 Å². The SMILES string of the molecule is Cc1cc(C(=O)N2CC[C@](O)(CN3CCOCC3)C2)c(=O)[nH]c1C. The van der Waals surface area contributed by atoms with Gasteiger partial charge in [0.05, 0.1) is 25.4 Å². The number of nitrogens with zero attached hydrogens (tertiary/aromatic N) is 2. The first-order valence-electron chi connectivity index (χ1n) is 8.40. The smallest absolute Gasteiger partial charge is 0.261 e. The Morgan fingerprint density at radius 2 is 2.04 bits per heavy atom. The number of H-pyrrole nitrogens is 1. The fraction of sp³-hybridized carbons (Fsp3) is 0.647. The number of aromatic nitrogens is 1. The number of rotatable bonds is 3. The van der Waals surface area contributed by atoms with Crippen molar-refractivity contribution < 1.29 is 14.6 Å². The summed E-state index contributed by atoms with van der Waals surface area (Å²) in [4.78, 5) is 31.2. The number of aryl methyl sites for hydroxylation is 2. The molecule has 24 heavy (non-hydrogen) atoms. The zero-order valence-electron chi connectivity index (χ0n) is 14.3. The molecule has 0 radical (unpaired) electrons. The molecule has 0 spiro atoms. The molecule has 1 aromatic rings. The Hall–Kier alpha value is -1.70. The lowest BCUT2D eigenvalue weighted by Crippen LogP contribution is -2.49. The van der Waals surface area contributed by atoms with Crippen LogP contribution in [0.15, 0.2) is 10.9 Å². The van der Waals surface area contributed by atoms with Crippen molar-refractivity contribution in [2.24, 2.45) is 0 Å². The van der Waals surface area contributed by atoms with Crippen LogP contribution in [0.3, 0.4) is 0 Å². The molecule has 0 saturated carbocycles. The van der Waals surface area contributed by atoms with Crippen LogP contribution in [0, 0.1) is 13.8 Å². The summed E-state index contributed by atoms with van der Waals surface area (Å²) in [5.74, 6) is -0.308. The number of aliphatic hydroxyl groups is 1. The first kappa shape index (κ1) is 17.1. The van der Waals surface area contributed by atoms with E-state index in [1.54, 1.807) is 11.0 Å². The van der Waals surface area contributed by atoms with Gasteiger partial charge in [0.1, 0.15) is 5.56 Å². The van der Waals surface area contributed by atoms with E-state index in [0.29, 0.717) is 32.7 Å². The molecule has 2 fully saturated rings. The second-order valence-corrected chi connectivity index (χ2v) is 6.91. The van der Waals surface area contributed by atoms with Crippen LogP contribution in [0.1, 0.15) is 28.0 Å². The molecular formula is C17H25N3O4. The van der Waals surface area contributed by atoms with Crippen LogP contribution >= 0.6 is 0 Å². The zero-order valence-corrected chi connectivity index (χ0v) is 14.3. The van der Waals surface area contributed by atoms with Gasteiger partial charge in [-0.15, -0.1) is 0 Å². The molecule has 1 aromatic heterocycles. The highest BCUT2D eigenvalue weighted by atomic mass is 16.5. The summed E-state index contributed by atoms with van der Waals surface area (Å²) in [6.45, 7) is 7.88. The number of aromatic amines is 1. The molecule has 7 heteroatoms. The Kier molecular flexibility index (Phi) is 4.76. The maximum absolute atomic E-state index is 12.7. The monoisotopic (exact) mass is 335 g/mol. The molecule has 3 heterocycles. The summed E-state index contributed by atoms with van der Waals surface area (Å²) < 4.78 is 5.32. The van der Waals surface area contributed by atoms with Gasteiger partial charge in [-0.2, -0.15) is 0 Å². The van der Waals surface area contributed by atoms with Crippen LogP contribution in [0.4, 0.5) is 0 Å². The Morgan fingerprint density at radius 1 is 1.33 bits per heavy atom. The number of carbonyl (C=O) groups is 1. The van der Waals surface area contributed by atoms with Crippen LogP contribution < -0.4 is 5.56 Å². The normalized spacial score (nSPS) is 25.2. The molecule has 132 valence electrons. The molecule has 0 aromatic carbocycles. The number of ether oxygens (including phenoxy) is 1. The van der Waals surface area contributed by atoms with E-state index in [9.17, 15) is 14.7 Å². The Bertz CT molecular complexity index is 681. The first-order valence-corrected chi connectivity index (χ1v) is 8.40. The maximum atomic E-state index is 12.7. The van der Waals surface area contributed by atoms with Crippen molar-refractivity contribution in [1.29, 1.82) is 0 Å². The lowest BCUT2D eigenvalue weighted by molar-refractivity contribution is -0.0257. The van der Waals surface area contributed by atoms with E-state index < -0.39 is 5.60 Å². The number of β-amino-alcohol motifs (C(OH)–C–C–N with tert-alkyl or cyclic N) is 1. The van der Waals surface area contributed by atoms with Crippen molar-refractivity contribution in [2.45, 2.75) is 25.9 Å². The van der Waals surface area contributed by atoms with E-state index >= 15 is 0 Å². The molecular weight excluding hydrogens is 310 g/mol. The second-order valence-electron chi connectivity index (χ2n) is 6.91. The summed E-state index contributed by atoms with van der Waals surface area (Å²) >= 11 is 0. The van der Waals surface area contributed by atoms with Crippen LogP contribution in [-0.4, -0.2) is 77.3 Å². The lowest BCUT2D eigenvalue weighted by Gasteiger charge is -2.33. The minimum Gasteiger partial charge on any atom is -0.387 e.